The van der Waals surface area contributed by atoms with Gasteiger partial charge in [-0.05, 0) is 36.4 Å². The Balaban J connectivity index is 1.37. The zero-order chi connectivity index (χ0) is 19.3. The molecule has 1 amide bonds. The number of hydrogen-bond donors (Lipinski definition) is 1. The van der Waals surface area contributed by atoms with Crippen LogP contribution in [0, 0.1) is 0 Å². The van der Waals surface area contributed by atoms with Crippen LogP contribution in [0.3, 0.4) is 0 Å². The topological polar surface area (TPSA) is 80.7 Å². The summed E-state index contributed by atoms with van der Waals surface area (Å²) in [4.78, 5) is 34.2. The highest BCUT2D eigenvalue weighted by Gasteiger charge is 2.29. The van der Waals surface area contributed by atoms with E-state index >= 15 is 0 Å². The maximum atomic E-state index is 12.4. The lowest BCUT2D eigenvalue weighted by molar-refractivity contribution is -0.125. The Morgan fingerprint density at radius 1 is 0.929 bits per heavy atom. The minimum absolute atomic E-state index is 0.0629. The van der Waals surface area contributed by atoms with Crippen molar-refractivity contribution >= 4 is 23.1 Å². The normalized spacial score (nSPS) is 15.4. The molecule has 2 heterocycles. The van der Waals surface area contributed by atoms with E-state index in [9.17, 15) is 9.59 Å². The molecule has 1 atom stereocenters. The molecule has 0 saturated heterocycles. The largest absolute Gasteiger partial charge is 0.382 e. The molecule has 2 aromatic carbocycles. The summed E-state index contributed by atoms with van der Waals surface area (Å²) in [5.41, 5.74) is 3.30. The van der Waals surface area contributed by atoms with Gasteiger partial charge in [-0.15, -0.1) is 0 Å². The number of oxime groups is 1. The van der Waals surface area contributed by atoms with Crippen molar-refractivity contribution in [3.05, 3.63) is 95.8 Å². The average molecular weight is 371 g/mol. The molecule has 0 aliphatic carbocycles. The number of aromatic nitrogens is 1. The summed E-state index contributed by atoms with van der Waals surface area (Å²) in [6.45, 7) is 0. The van der Waals surface area contributed by atoms with Crippen molar-refractivity contribution in [3.8, 4) is 0 Å². The van der Waals surface area contributed by atoms with Gasteiger partial charge in [0.25, 0.3) is 5.91 Å². The predicted octanol–water partition coefficient (Wildman–Crippen LogP) is 3.44. The van der Waals surface area contributed by atoms with Crippen molar-refractivity contribution in [2.75, 3.05) is 5.32 Å². The maximum Gasteiger partial charge on any atom is 0.268 e. The SMILES string of the molecule is O=C(c1ccccc1)c1ccc(NC(=O)C2CC(c3cccnc3)=NO2)cc1. The molecule has 0 spiro atoms. The zero-order valence-electron chi connectivity index (χ0n) is 14.9. The summed E-state index contributed by atoms with van der Waals surface area (Å²) < 4.78 is 0. The number of carbonyl (C=O) groups excluding carboxylic acids is 2. The second kappa shape index (κ2) is 7.84. The quantitative estimate of drug-likeness (QED) is 0.697. The molecule has 1 N–H and O–H groups in total. The van der Waals surface area contributed by atoms with Gasteiger partial charge in [-0.2, -0.15) is 0 Å². The third-order valence-electron chi connectivity index (χ3n) is 4.41. The molecular weight excluding hydrogens is 354 g/mol. The van der Waals surface area contributed by atoms with Crippen LogP contribution in [0.15, 0.2) is 84.3 Å². The number of amides is 1. The van der Waals surface area contributed by atoms with Crippen LogP contribution in [-0.4, -0.2) is 28.5 Å². The Morgan fingerprint density at radius 3 is 2.39 bits per heavy atom. The Labute approximate surface area is 161 Å². The summed E-state index contributed by atoms with van der Waals surface area (Å²) in [5.74, 6) is -0.350. The van der Waals surface area contributed by atoms with Crippen molar-refractivity contribution in [1.82, 2.24) is 4.98 Å². The molecular formula is C22H17N3O3. The molecule has 6 heteroatoms. The van der Waals surface area contributed by atoms with Crippen molar-refractivity contribution in [3.63, 3.8) is 0 Å². The summed E-state index contributed by atoms with van der Waals surface area (Å²) in [6.07, 6.45) is 3.05. The maximum absolute atomic E-state index is 12.4. The van der Waals surface area contributed by atoms with Crippen LogP contribution in [0.1, 0.15) is 27.9 Å². The second-order valence-corrected chi connectivity index (χ2v) is 6.34. The minimum Gasteiger partial charge on any atom is -0.382 e. The molecule has 4 rings (SSSR count). The monoisotopic (exact) mass is 371 g/mol. The molecule has 1 unspecified atom stereocenters. The van der Waals surface area contributed by atoms with Crippen LogP contribution < -0.4 is 5.32 Å². The number of rotatable bonds is 5. The molecule has 138 valence electrons. The lowest BCUT2D eigenvalue weighted by atomic mass is 10.0. The van der Waals surface area contributed by atoms with Gasteiger partial charge in [0.1, 0.15) is 0 Å². The number of ketones is 1. The number of nitrogens with zero attached hydrogens (tertiary/aromatic N) is 2. The van der Waals surface area contributed by atoms with Crippen LogP contribution in [0.25, 0.3) is 0 Å². The van der Waals surface area contributed by atoms with Crippen molar-refractivity contribution in [1.29, 1.82) is 0 Å². The fourth-order valence-corrected chi connectivity index (χ4v) is 2.91. The van der Waals surface area contributed by atoms with Gasteiger partial charge in [-0.3, -0.25) is 14.6 Å². The van der Waals surface area contributed by atoms with Crippen molar-refractivity contribution in [2.24, 2.45) is 5.16 Å². The van der Waals surface area contributed by atoms with Crippen molar-refractivity contribution in [2.45, 2.75) is 12.5 Å². The van der Waals surface area contributed by atoms with Crippen LogP contribution in [0.4, 0.5) is 5.69 Å². The van der Waals surface area contributed by atoms with Crippen LogP contribution >= 0.6 is 0 Å². The molecule has 6 nitrogen and oxygen atoms in total. The smallest absolute Gasteiger partial charge is 0.268 e. The molecule has 1 aromatic heterocycles. The Kier molecular flexibility index (Phi) is 4.93. The number of carbonyl (C=O) groups is 2. The summed E-state index contributed by atoms with van der Waals surface area (Å²) >= 11 is 0. The highest BCUT2D eigenvalue weighted by molar-refractivity contribution is 6.09. The molecule has 0 bridgehead atoms. The first-order valence-electron chi connectivity index (χ1n) is 8.84. The number of hydrogen-bond acceptors (Lipinski definition) is 5. The summed E-state index contributed by atoms with van der Waals surface area (Å²) in [7, 11) is 0. The van der Waals surface area contributed by atoms with E-state index in [-0.39, 0.29) is 11.7 Å². The molecule has 0 fully saturated rings. The molecule has 1 aliphatic rings. The van der Waals surface area contributed by atoms with Crippen LogP contribution in [-0.2, 0) is 9.63 Å². The lowest BCUT2D eigenvalue weighted by Gasteiger charge is -2.10. The van der Waals surface area contributed by atoms with Gasteiger partial charge in [0.2, 0.25) is 6.10 Å². The molecule has 0 radical (unpaired) electrons. The minimum atomic E-state index is -0.694. The van der Waals surface area contributed by atoms with Crippen LogP contribution in [0.2, 0.25) is 0 Å². The van der Waals surface area contributed by atoms with Gasteiger partial charge in [-0.25, -0.2) is 0 Å². The Morgan fingerprint density at radius 2 is 1.68 bits per heavy atom. The van der Waals surface area contributed by atoms with E-state index in [0.717, 1.165) is 5.56 Å². The lowest BCUT2D eigenvalue weighted by Crippen LogP contribution is -2.28. The Hall–Kier alpha value is -3.80. The predicted molar refractivity (Wildman–Crippen MR) is 105 cm³/mol. The first kappa shape index (κ1) is 17.6. The van der Waals surface area contributed by atoms with Gasteiger partial charge in [0.05, 0.1) is 5.71 Å². The van der Waals surface area contributed by atoms with Gasteiger partial charge in [-0.1, -0.05) is 35.5 Å². The average Bonchev–Trinajstić information content (AvgIpc) is 3.26. The number of benzene rings is 2. The highest BCUT2D eigenvalue weighted by Crippen LogP contribution is 2.19. The number of anilines is 1. The molecule has 1 aliphatic heterocycles. The highest BCUT2D eigenvalue weighted by atomic mass is 16.6. The van der Waals surface area contributed by atoms with Crippen molar-refractivity contribution < 1.29 is 14.4 Å². The van der Waals surface area contributed by atoms with E-state index in [1.165, 1.54) is 0 Å². The van der Waals surface area contributed by atoms with E-state index in [4.69, 9.17) is 4.84 Å². The number of nitrogens with one attached hydrogen (secondary N) is 1. The summed E-state index contributed by atoms with van der Waals surface area (Å²) in [6, 6.07) is 19.5. The zero-order valence-corrected chi connectivity index (χ0v) is 14.9. The first-order valence-corrected chi connectivity index (χ1v) is 8.84. The third kappa shape index (κ3) is 3.81. The van der Waals surface area contributed by atoms with Gasteiger partial charge in [0, 0.05) is 41.2 Å². The van der Waals surface area contributed by atoms with E-state index < -0.39 is 6.10 Å². The fraction of sp³-hybridized carbons (Fsp3) is 0.0909. The Bertz CT molecular complexity index is 1020. The second-order valence-electron chi connectivity index (χ2n) is 6.34. The van der Waals surface area contributed by atoms with Crippen LogP contribution in [0.5, 0.6) is 0 Å². The molecule has 0 saturated carbocycles. The van der Waals surface area contributed by atoms with E-state index in [0.29, 0.717) is 28.9 Å². The van der Waals surface area contributed by atoms with E-state index in [1.54, 1.807) is 48.8 Å². The standard InChI is InChI=1S/C22H17N3O3/c26-21(15-5-2-1-3-6-15)16-8-10-18(11-9-16)24-22(27)20-13-19(25-28-20)17-7-4-12-23-14-17/h1-12,14,20H,13H2,(H,24,27). The third-order valence-corrected chi connectivity index (χ3v) is 4.41. The molecule has 28 heavy (non-hydrogen) atoms. The molecule has 3 aromatic rings. The fourth-order valence-electron chi connectivity index (χ4n) is 2.91. The van der Waals surface area contributed by atoms with E-state index in [1.807, 2.05) is 30.3 Å². The van der Waals surface area contributed by atoms with Gasteiger partial charge >= 0.3 is 0 Å². The van der Waals surface area contributed by atoms with E-state index in [2.05, 4.69) is 15.5 Å². The van der Waals surface area contributed by atoms with Gasteiger partial charge < -0.3 is 10.2 Å². The first-order chi connectivity index (χ1) is 13.7. The van der Waals surface area contributed by atoms with Gasteiger partial charge in [0.15, 0.2) is 5.78 Å². The number of pyridine rings is 1. The summed E-state index contributed by atoms with van der Waals surface area (Å²) in [5, 5.41) is 6.79.